The molecule has 0 spiro atoms. The summed E-state index contributed by atoms with van der Waals surface area (Å²) in [5, 5.41) is 8.97. The first-order chi connectivity index (χ1) is 10.4. The van der Waals surface area contributed by atoms with Gasteiger partial charge in [0.1, 0.15) is 5.75 Å². The van der Waals surface area contributed by atoms with Gasteiger partial charge < -0.3 is 20.7 Å². The Morgan fingerprint density at radius 2 is 2.14 bits per heavy atom. The van der Waals surface area contributed by atoms with Crippen LogP contribution in [0.1, 0.15) is 20.8 Å². The highest BCUT2D eigenvalue weighted by Crippen LogP contribution is 2.36. The lowest BCUT2D eigenvalue weighted by Crippen LogP contribution is -2.39. The van der Waals surface area contributed by atoms with Crippen LogP contribution in [0.15, 0.2) is 12.1 Å². The number of fused-ring (bicyclic) bond motifs is 1. The van der Waals surface area contributed by atoms with E-state index in [1.165, 1.54) is 0 Å². The molecule has 0 aromatic heterocycles. The maximum absolute atomic E-state index is 11.9. The van der Waals surface area contributed by atoms with E-state index in [0.717, 1.165) is 0 Å². The first-order valence-corrected chi connectivity index (χ1v) is 7.54. The second-order valence-corrected chi connectivity index (χ2v) is 6.03. The first kappa shape index (κ1) is 16.4. The highest BCUT2D eigenvalue weighted by molar-refractivity contribution is 6.33. The summed E-state index contributed by atoms with van der Waals surface area (Å²) in [4.78, 5) is 23.1. The normalized spacial score (nSPS) is 14.7. The standard InChI is InChI=1S/C15H20ClN3O3/c1-8(2)9(3)18-14(20)6-17-11-5-13-12(4-10(11)16)19-15(21)7-22-13/h4-5,8-9,17H,6-7H2,1-3H3,(H,18,20)(H,19,21)/t9-/m1/s1. The van der Waals surface area contributed by atoms with Gasteiger partial charge in [0.2, 0.25) is 5.91 Å². The van der Waals surface area contributed by atoms with Crippen molar-refractivity contribution < 1.29 is 14.3 Å². The predicted molar refractivity (Wildman–Crippen MR) is 86.5 cm³/mol. The van der Waals surface area contributed by atoms with E-state index in [9.17, 15) is 9.59 Å². The molecule has 7 heteroatoms. The van der Waals surface area contributed by atoms with Gasteiger partial charge >= 0.3 is 0 Å². The van der Waals surface area contributed by atoms with Crippen molar-refractivity contribution >= 4 is 34.8 Å². The van der Waals surface area contributed by atoms with Crippen molar-refractivity contribution in [1.82, 2.24) is 5.32 Å². The van der Waals surface area contributed by atoms with E-state index >= 15 is 0 Å². The van der Waals surface area contributed by atoms with E-state index in [2.05, 4.69) is 16.0 Å². The fourth-order valence-corrected chi connectivity index (χ4v) is 2.11. The van der Waals surface area contributed by atoms with Gasteiger partial charge in [-0.25, -0.2) is 0 Å². The molecule has 0 fully saturated rings. The fourth-order valence-electron chi connectivity index (χ4n) is 1.88. The van der Waals surface area contributed by atoms with Crippen molar-refractivity contribution in [2.24, 2.45) is 5.92 Å². The van der Waals surface area contributed by atoms with Crippen LogP contribution in [0.5, 0.6) is 5.75 Å². The Balaban J connectivity index is 1.99. The van der Waals surface area contributed by atoms with Gasteiger partial charge in [-0.15, -0.1) is 0 Å². The Morgan fingerprint density at radius 1 is 1.41 bits per heavy atom. The van der Waals surface area contributed by atoms with Crippen LogP contribution in [0.25, 0.3) is 0 Å². The SMILES string of the molecule is CC(C)[C@@H](C)NC(=O)CNc1cc2c(cc1Cl)NC(=O)CO2. The molecule has 1 aromatic carbocycles. The predicted octanol–water partition coefficient (Wildman–Crippen LogP) is 2.24. The summed E-state index contributed by atoms with van der Waals surface area (Å²) in [6, 6.07) is 3.38. The molecular weight excluding hydrogens is 306 g/mol. The average Bonchev–Trinajstić information content (AvgIpc) is 2.44. The van der Waals surface area contributed by atoms with Crippen LogP contribution in [0.3, 0.4) is 0 Å². The number of ether oxygens (including phenoxy) is 1. The van der Waals surface area contributed by atoms with Crippen LogP contribution >= 0.6 is 11.6 Å². The minimum Gasteiger partial charge on any atom is -0.482 e. The average molecular weight is 326 g/mol. The summed E-state index contributed by atoms with van der Waals surface area (Å²) in [5.41, 5.74) is 1.12. The third-order valence-electron chi connectivity index (χ3n) is 3.53. The number of carbonyl (C=O) groups is 2. The zero-order valence-corrected chi connectivity index (χ0v) is 13.6. The highest BCUT2D eigenvalue weighted by atomic mass is 35.5. The molecule has 1 heterocycles. The third kappa shape index (κ3) is 4.04. The molecular formula is C15H20ClN3O3. The number of nitrogens with one attached hydrogen (secondary N) is 3. The van der Waals surface area contributed by atoms with E-state index in [0.29, 0.717) is 28.1 Å². The summed E-state index contributed by atoms with van der Waals surface area (Å²) in [7, 11) is 0. The number of rotatable bonds is 5. The van der Waals surface area contributed by atoms with Crippen molar-refractivity contribution in [3.63, 3.8) is 0 Å². The molecule has 3 N–H and O–H groups in total. The number of carbonyl (C=O) groups excluding carboxylic acids is 2. The quantitative estimate of drug-likeness (QED) is 0.775. The van der Waals surface area contributed by atoms with Crippen molar-refractivity contribution in [3.8, 4) is 5.75 Å². The second kappa shape index (κ2) is 6.87. The molecule has 0 bridgehead atoms. The van der Waals surface area contributed by atoms with Crippen molar-refractivity contribution in [1.29, 1.82) is 0 Å². The number of benzene rings is 1. The first-order valence-electron chi connectivity index (χ1n) is 7.16. The van der Waals surface area contributed by atoms with E-state index < -0.39 is 0 Å². The van der Waals surface area contributed by atoms with Gasteiger partial charge in [-0.3, -0.25) is 9.59 Å². The van der Waals surface area contributed by atoms with Crippen molar-refractivity contribution in [2.45, 2.75) is 26.8 Å². The molecule has 1 atom stereocenters. The van der Waals surface area contributed by atoms with Gasteiger partial charge in [-0.05, 0) is 18.9 Å². The van der Waals surface area contributed by atoms with Crippen molar-refractivity contribution in [2.75, 3.05) is 23.8 Å². The summed E-state index contributed by atoms with van der Waals surface area (Å²) in [5.74, 6) is 0.575. The van der Waals surface area contributed by atoms with E-state index in [4.69, 9.17) is 16.3 Å². The number of hydrogen-bond acceptors (Lipinski definition) is 4. The number of amides is 2. The monoisotopic (exact) mass is 325 g/mol. The van der Waals surface area contributed by atoms with Crippen LogP contribution in [0, 0.1) is 5.92 Å². The summed E-state index contributed by atoms with van der Waals surface area (Å²) >= 11 is 6.15. The van der Waals surface area contributed by atoms with Gasteiger partial charge in [0.25, 0.3) is 5.91 Å². The molecule has 120 valence electrons. The Labute approximate surface area is 134 Å². The van der Waals surface area contributed by atoms with E-state index in [1.54, 1.807) is 12.1 Å². The minimum atomic E-state index is -0.216. The molecule has 0 saturated heterocycles. The zero-order valence-electron chi connectivity index (χ0n) is 12.8. The zero-order chi connectivity index (χ0) is 16.3. The second-order valence-electron chi connectivity index (χ2n) is 5.62. The van der Waals surface area contributed by atoms with Crippen molar-refractivity contribution in [3.05, 3.63) is 17.2 Å². The lowest BCUT2D eigenvalue weighted by atomic mass is 10.1. The van der Waals surface area contributed by atoms with Crippen LogP contribution in [0.2, 0.25) is 5.02 Å². The Hall–Kier alpha value is -1.95. The maximum Gasteiger partial charge on any atom is 0.262 e. The molecule has 1 aromatic rings. The maximum atomic E-state index is 11.9. The third-order valence-corrected chi connectivity index (χ3v) is 3.84. The molecule has 1 aliphatic rings. The topological polar surface area (TPSA) is 79.5 Å². The molecule has 2 amide bonds. The Kier molecular flexibility index (Phi) is 5.13. The van der Waals surface area contributed by atoms with Gasteiger partial charge in [-0.1, -0.05) is 25.4 Å². The van der Waals surface area contributed by atoms with Gasteiger partial charge in [0.05, 0.1) is 22.9 Å². The largest absolute Gasteiger partial charge is 0.482 e. The number of hydrogen-bond donors (Lipinski definition) is 3. The highest BCUT2D eigenvalue weighted by Gasteiger charge is 2.18. The van der Waals surface area contributed by atoms with E-state index in [1.807, 2.05) is 20.8 Å². The molecule has 0 unspecified atom stereocenters. The lowest BCUT2D eigenvalue weighted by molar-refractivity contribution is -0.120. The fraction of sp³-hybridized carbons (Fsp3) is 0.467. The molecule has 0 saturated carbocycles. The summed E-state index contributed by atoms with van der Waals surface area (Å²) in [6.45, 7) is 6.14. The van der Waals surface area contributed by atoms with Gasteiger partial charge in [0.15, 0.2) is 6.61 Å². The van der Waals surface area contributed by atoms with Crippen LogP contribution in [-0.2, 0) is 9.59 Å². The molecule has 0 aliphatic carbocycles. The summed E-state index contributed by atoms with van der Waals surface area (Å²) < 4.78 is 5.32. The lowest BCUT2D eigenvalue weighted by Gasteiger charge is -2.20. The Bertz CT molecular complexity index is 590. The Morgan fingerprint density at radius 3 is 2.82 bits per heavy atom. The minimum absolute atomic E-state index is 0.0273. The number of anilines is 2. The smallest absolute Gasteiger partial charge is 0.262 e. The molecule has 2 rings (SSSR count). The van der Waals surface area contributed by atoms with Crippen LogP contribution in [-0.4, -0.2) is 31.0 Å². The molecule has 1 aliphatic heterocycles. The molecule has 22 heavy (non-hydrogen) atoms. The van der Waals surface area contributed by atoms with Gasteiger partial charge in [0, 0.05) is 12.1 Å². The summed E-state index contributed by atoms with van der Waals surface area (Å²) in [6.07, 6.45) is 0. The number of halogens is 1. The molecule has 6 nitrogen and oxygen atoms in total. The van der Waals surface area contributed by atoms with E-state index in [-0.39, 0.29) is 31.0 Å². The van der Waals surface area contributed by atoms with Crippen LogP contribution < -0.4 is 20.7 Å². The van der Waals surface area contributed by atoms with Gasteiger partial charge in [-0.2, -0.15) is 0 Å². The molecule has 0 radical (unpaired) electrons. The van der Waals surface area contributed by atoms with Crippen LogP contribution in [0.4, 0.5) is 11.4 Å².